The van der Waals surface area contributed by atoms with Gasteiger partial charge in [0.25, 0.3) is 6.71 Å². The van der Waals surface area contributed by atoms with Crippen molar-refractivity contribution in [1.82, 2.24) is 0 Å². The molecule has 0 unspecified atom stereocenters. The zero-order chi connectivity index (χ0) is 39.3. The predicted molar refractivity (Wildman–Crippen MR) is 250 cm³/mol. The molecule has 0 saturated heterocycles. The SMILES string of the molecule is C=C/C=C\C=C1/COc2cc([Si](c3ccccc3)(c3ccccc3)c3ccc4c(c3)-c3ccccc3-c3ccccc3-c3ccccc3-4)cc3c2B1c1ccccc1O3. The molecule has 0 atom stereocenters. The molecule has 0 aromatic heterocycles. The third-order valence-corrected chi connectivity index (χ3v) is 17.1. The fraction of sp³-hybridized carbons (Fsp3) is 0.0182. The number of fused-ring (bicyclic) bond motifs is 10. The Hall–Kier alpha value is -7.14. The number of benzene rings is 8. The molecule has 3 aliphatic rings. The fourth-order valence-corrected chi connectivity index (χ4v) is 14.7. The van der Waals surface area contributed by atoms with Crippen LogP contribution in [0.25, 0.3) is 44.5 Å². The van der Waals surface area contributed by atoms with Gasteiger partial charge in [0, 0.05) is 5.46 Å². The highest BCUT2D eigenvalue weighted by atomic mass is 28.3. The molecule has 0 amide bonds. The van der Waals surface area contributed by atoms with Gasteiger partial charge in [-0.1, -0.05) is 206 Å². The van der Waals surface area contributed by atoms with Crippen molar-refractivity contribution >= 4 is 46.5 Å². The maximum atomic E-state index is 6.96. The lowest BCUT2D eigenvalue weighted by Gasteiger charge is -2.38. The molecule has 2 heterocycles. The quantitative estimate of drug-likeness (QED) is 0.0954. The fourth-order valence-electron chi connectivity index (χ4n) is 9.89. The van der Waals surface area contributed by atoms with Crippen LogP contribution in [0.15, 0.2) is 224 Å². The van der Waals surface area contributed by atoms with Crippen LogP contribution in [0.4, 0.5) is 0 Å². The molecule has 2 nitrogen and oxygen atoms in total. The topological polar surface area (TPSA) is 18.5 Å². The Balaban J connectivity index is 1.22. The van der Waals surface area contributed by atoms with E-state index in [1.807, 2.05) is 12.2 Å². The summed E-state index contributed by atoms with van der Waals surface area (Å²) in [5.41, 5.74) is 13.3. The van der Waals surface area contributed by atoms with Crippen molar-refractivity contribution < 1.29 is 9.47 Å². The van der Waals surface area contributed by atoms with Crippen molar-refractivity contribution in [3.8, 4) is 61.8 Å². The summed E-state index contributed by atoms with van der Waals surface area (Å²) >= 11 is 0. The first-order valence-electron chi connectivity index (χ1n) is 20.3. The number of allylic oxidation sites excluding steroid dienone is 4. The van der Waals surface area contributed by atoms with Crippen LogP contribution >= 0.6 is 0 Å². The summed E-state index contributed by atoms with van der Waals surface area (Å²) in [5, 5.41) is 5.09. The second-order valence-electron chi connectivity index (χ2n) is 15.5. The Morgan fingerprint density at radius 2 is 0.949 bits per heavy atom. The van der Waals surface area contributed by atoms with E-state index < -0.39 is 8.07 Å². The van der Waals surface area contributed by atoms with Crippen LogP contribution in [-0.2, 0) is 0 Å². The first-order valence-corrected chi connectivity index (χ1v) is 22.3. The Morgan fingerprint density at radius 1 is 0.441 bits per heavy atom. The molecule has 59 heavy (non-hydrogen) atoms. The van der Waals surface area contributed by atoms with Gasteiger partial charge in [0.05, 0.1) is 0 Å². The summed E-state index contributed by atoms with van der Waals surface area (Å²) in [7, 11) is -3.11. The average molecular weight is 771 g/mol. The van der Waals surface area contributed by atoms with Gasteiger partial charge in [0.15, 0.2) is 8.07 Å². The number of para-hydroxylation sites is 1. The largest absolute Gasteiger partial charge is 0.490 e. The van der Waals surface area contributed by atoms with Gasteiger partial charge in [-0.25, -0.2) is 0 Å². The molecule has 8 aromatic rings. The Morgan fingerprint density at radius 3 is 1.54 bits per heavy atom. The maximum absolute atomic E-state index is 6.96. The molecule has 0 radical (unpaired) electrons. The normalized spacial score (nSPS) is 14.0. The molecule has 0 bridgehead atoms. The lowest BCUT2D eigenvalue weighted by Crippen LogP contribution is -2.75. The highest BCUT2D eigenvalue weighted by Gasteiger charge is 2.46. The molecule has 8 aromatic carbocycles. The van der Waals surface area contributed by atoms with Gasteiger partial charge in [-0.15, -0.1) is 0 Å². The maximum Gasteiger partial charge on any atom is 0.255 e. The van der Waals surface area contributed by atoms with Crippen LogP contribution in [-0.4, -0.2) is 21.4 Å². The summed E-state index contributed by atoms with van der Waals surface area (Å²) in [6.45, 7) is 4.39. The number of rotatable bonds is 6. The van der Waals surface area contributed by atoms with Gasteiger partial charge in [-0.3, -0.25) is 0 Å². The van der Waals surface area contributed by atoms with Crippen molar-refractivity contribution in [2.75, 3.05) is 6.61 Å². The third kappa shape index (κ3) is 5.55. The van der Waals surface area contributed by atoms with Gasteiger partial charge in [-0.2, -0.15) is 0 Å². The van der Waals surface area contributed by atoms with Crippen LogP contribution < -0.4 is 41.1 Å². The second kappa shape index (κ2) is 14.4. The molecule has 2 aliphatic heterocycles. The van der Waals surface area contributed by atoms with Crippen molar-refractivity contribution in [3.63, 3.8) is 0 Å². The zero-order valence-electron chi connectivity index (χ0n) is 32.5. The number of ether oxygens (including phenoxy) is 2. The van der Waals surface area contributed by atoms with Crippen LogP contribution in [0.1, 0.15) is 0 Å². The standard InChI is InChI=1S/C55H39BO2Si/c1-2-3-6-19-38-37-57-53-35-42(36-54-55(53)56(38)51-30-17-18-31-52(51)58-54)59(39-20-7-4-8-21-39,40-22-9-5-10-23-40)41-32-33-49-47-28-14-13-26-45(47)43-24-11-12-25-44(43)46-27-15-16-29-48(46)50(49)34-41/h2-36H,1,37H2/b6-3-,38-19+,45-43?,46-44?,49-47?,50-48?. The Kier molecular flexibility index (Phi) is 8.53. The van der Waals surface area contributed by atoms with E-state index in [9.17, 15) is 0 Å². The lowest BCUT2D eigenvalue weighted by molar-refractivity contribution is 0.354. The number of hydrogen-bond acceptors (Lipinski definition) is 2. The Bertz CT molecular complexity index is 2960. The smallest absolute Gasteiger partial charge is 0.255 e. The monoisotopic (exact) mass is 770 g/mol. The second-order valence-corrected chi connectivity index (χ2v) is 19.3. The molecule has 11 rings (SSSR count). The summed E-state index contributed by atoms with van der Waals surface area (Å²) in [6.07, 6.45) is 8.01. The summed E-state index contributed by atoms with van der Waals surface area (Å²) in [4.78, 5) is 0. The van der Waals surface area contributed by atoms with Crippen LogP contribution in [0.5, 0.6) is 17.2 Å². The molecular formula is C55H39BO2Si. The number of hydrogen-bond donors (Lipinski definition) is 0. The first-order chi connectivity index (χ1) is 29.2. The summed E-state index contributed by atoms with van der Waals surface area (Å²) in [6, 6.07) is 69.4. The molecule has 0 saturated carbocycles. The van der Waals surface area contributed by atoms with E-state index in [0.29, 0.717) is 6.61 Å². The van der Waals surface area contributed by atoms with Gasteiger partial charge in [-0.05, 0) is 88.9 Å². The van der Waals surface area contributed by atoms with E-state index in [1.165, 1.54) is 70.7 Å². The first kappa shape index (κ1) is 35.1. The molecule has 0 spiro atoms. The molecular weight excluding hydrogens is 732 g/mol. The van der Waals surface area contributed by atoms with Gasteiger partial charge < -0.3 is 9.47 Å². The zero-order valence-corrected chi connectivity index (χ0v) is 33.5. The van der Waals surface area contributed by atoms with Gasteiger partial charge >= 0.3 is 0 Å². The molecule has 278 valence electrons. The molecule has 4 heteroatoms. The van der Waals surface area contributed by atoms with Crippen molar-refractivity contribution in [2.45, 2.75) is 0 Å². The van der Waals surface area contributed by atoms with E-state index in [2.05, 4.69) is 207 Å². The van der Waals surface area contributed by atoms with Crippen LogP contribution in [0.3, 0.4) is 0 Å². The average Bonchev–Trinajstić information content (AvgIpc) is 3.30. The third-order valence-electron chi connectivity index (χ3n) is 12.4. The molecule has 1 aliphatic carbocycles. The summed E-state index contributed by atoms with van der Waals surface area (Å²) < 4.78 is 13.8. The van der Waals surface area contributed by atoms with E-state index in [4.69, 9.17) is 9.47 Å². The molecule has 0 fully saturated rings. The van der Waals surface area contributed by atoms with Crippen LogP contribution in [0.2, 0.25) is 0 Å². The van der Waals surface area contributed by atoms with E-state index in [1.54, 1.807) is 0 Å². The van der Waals surface area contributed by atoms with Gasteiger partial charge in [0.1, 0.15) is 23.9 Å². The highest BCUT2D eigenvalue weighted by Crippen LogP contribution is 2.47. The Labute approximate surface area is 347 Å². The molecule has 0 N–H and O–H groups in total. The van der Waals surface area contributed by atoms with Crippen LogP contribution in [0, 0.1) is 0 Å². The van der Waals surface area contributed by atoms with E-state index in [0.717, 1.165) is 28.2 Å². The summed E-state index contributed by atoms with van der Waals surface area (Å²) in [5.74, 6) is 2.62. The van der Waals surface area contributed by atoms with Crippen molar-refractivity contribution in [3.05, 3.63) is 224 Å². The lowest BCUT2D eigenvalue weighted by atomic mass is 9.34. The van der Waals surface area contributed by atoms with Crippen molar-refractivity contribution in [2.24, 2.45) is 0 Å². The highest BCUT2D eigenvalue weighted by molar-refractivity contribution is 7.20. The minimum Gasteiger partial charge on any atom is -0.490 e. The van der Waals surface area contributed by atoms with Gasteiger partial charge in [0.2, 0.25) is 0 Å². The van der Waals surface area contributed by atoms with E-state index in [-0.39, 0.29) is 6.71 Å². The predicted octanol–water partition coefficient (Wildman–Crippen LogP) is 9.36. The minimum absolute atomic E-state index is 0.0163. The van der Waals surface area contributed by atoms with E-state index >= 15 is 0 Å². The van der Waals surface area contributed by atoms with Crippen molar-refractivity contribution in [1.29, 1.82) is 0 Å². The minimum atomic E-state index is -3.11.